The molecule has 0 aromatic heterocycles. The highest BCUT2D eigenvalue weighted by Crippen LogP contribution is 2.14. The van der Waals surface area contributed by atoms with Gasteiger partial charge in [0.25, 0.3) is 0 Å². The van der Waals surface area contributed by atoms with Crippen LogP contribution < -0.4 is 0 Å². The van der Waals surface area contributed by atoms with Crippen LogP contribution in [0.3, 0.4) is 0 Å². The first-order valence-electron chi connectivity index (χ1n) is 5.68. The molecule has 1 unspecified atom stereocenters. The fraction of sp³-hybridized carbons (Fsp3) is 0.900. The number of ether oxygens (including phenoxy) is 1. The van der Waals surface area contributed by atoms with Crippen LogP contribution in [0.15, 0.2) is 0 Å². The second-order valence-electron chi connectivity index (χ2n) is 4.10. The van der Waals surface area contributed by atoms with E-state index in [2.05, 4.69) is 0 Å². The Hall–Kier alpha value is -0.660. The van der Waals surface area contributed by atoms with Crippen LogP contribution in [-0.4, -0.2) is 68.2 Å². The SMILES string of the molecule is CCOCCN1CCS(=O)(=O)CC1CC(=O)O. The van der Waals surface area contributed by atoms with Crippen molar-refractivity contribution in [2.45, 2.75) is 19.4 Å². The summed E-state index contributed by atoms with van der Waals surface area (Å²) in [5.41, 5.74) is 0. The molecule has 1 atom stereocenters. The minimum absolute atomic E-state index is 0.0641. The maximum absolute atomic E-state index is 11.5. The Balaban J connectivity index is 2.57. The lowest BCUT2D eigenvalue weighted by molar-refractivity contribution is -0.138. The molecule has 0 radical (unpaired) electrons. The lowest BCUT2D eigenvalue weighted by Crippen LogP contribution is -2.50. The maximum atomic E-state index is 11.5. The summed E-state index contributed by atoms with van der Waals surface area (Å²) in [6.45, 7) is 3.98. The van der Waals surface area contributed by atoms with Crippen molar-refractivity contribution in [3.05, 3.63) is 0 Å². The van der Waals surface area contributed by atoms with E-state index in [4.69, 9.17) is 9.84 Å². The lowest BCUT2D eigenvalue weighted by Gasteiger charge is -2.34. The van der Waals surface area contributed by atoms with Crippen LogP contribution in [0.4, 0.5) is 0 Å². The van der Waals surface area contributed by atoms with Crippen molar-refractivity contribution in [2.75, 3.05) is 37.8 Å². The standard InChI is InChI=1S/C10H19NO5S/c1-2-16-5-3-11-4-6-17(14,15)8-9(11)7-10(12)13/h9H,2-8H2,1H3,(H,12,13). The summed E-state index contributed by atoms with van der Waals surface area (Å²) in [4.78, 5) is 12.6. The van der Waals surface area contributed by atoms with Crippen molar-refractivity contribution in [2.24, 2.45) is 0 Å². The van der Waals surface area contributed by atoms with Gasteiger partial charge in [-0.3, -0.25) is 9.69 Å². The first kappa shape index (κ1) is 14.4. The van der Waals surface area contributed by atoms with Gasteiger partial charge >= 0.3 is 5.97 Å². The Morgan fingerprint density at radius 1 is 1.53 bits per heavy atom. The third-order valence-electron chi connectivity index (χ3n) is 2.79. The van der Waals surface area contributed by atoms with Crippen LogP contribution in [0.5, 0.6) is 0 Å². The van der Waals surface area contributed by atoms with Crippen molar-refractivity contribution < 1.29 is 23.1 Å². The normalized spacial score (nSPS) is 24.6. The smallest absolute Gasteiger partial charge is 0.304 e. The molecule has 17 heavy (non-hydrogen) atoms. The van der Waals surface area contributed by atoms with Crippen molar-refractivity contribution in [1.29, 1.82) is 0 Å². The van der Waals surface area contributed by atoms with Gasteiger partial charge in [-0.1, -0.05) is 0 Å². The molecule has 0 saturated carbocycles. The molecule has 6 nitrogen and oxygen atoms in total. The predicted octanol–water partition coefficient (Wildman–Crippen LogP) is -0.403. The summed E-state index contributed by atoms with van der Waals surface area (Å²) >= 11 is 0. The van der Waals surface area contributed by atoms with Crippen molar-refractivity contribution in [1.82, 2.24) is 4.90 Å². The molecule has 1 aliphatic heterocycles. The fourth-order valence-electron chi connectivity index (χ4n) is 1.93. The van der Waals surface area contributed by atoms with E-state index in [1.165, 1.54) is 0 Å². The van der Waals surface area contributed by atoms with E-state index in [1.54, 1.807) is 0 Å². The zero-order valence-electron chi connectivity index (χ0n) is 9.96. The fourth-order valence-corrected chi connectivity index (χ4v) is 3.53. The molecule has 1 fully saturated rings. The maximum Gasteiger partial charge on any atom is 0.304 e. The van der Waals surface area contributed by atoms with Gasteiger partial charge in [0.2, 0.25) is 0 Å². The van der Waals surface area contributed by atoms with Gasteiger partial charge in [-0.05, 0) is 6.92 Å². The van der Waals surface area contributed by atoms with Crippen LogP contribution in [-0.2, 0) is 19.4 Å². The molecule has 0 aromatic rings. The van der Waals surface area contributed by atoms with Gasteiger partial charge in [-0.15, -0.1) is 0 Å². The highest BCUT2D eigenvalue weighted by atomic mass is 32.2. The Kier molecular flexibility index (Phi) is 5.35. The molecule has 0 aromatic carbocycles. The second-order valence-corrected chi connectivity index (χ2v) is 6.33. The Morgan fingerprint density at radius 3 is 2.82 bits per heavy atom. The van der Waals surface area contributed by atoms with Gasteiger partial charge in [0, 0.05) is 25.7 Å². The van der Waals surface area contributed by atoms with Gasteiger partial charge in [0.05, 0.1) is 24.5 Å². The monoisotopic (exact) mass is 265 g/mol. The minimum atomic E-state index is -3.09. The number of hydrogen-bond acceptors (Lipinski definition) is 5. The predicted molar refractivity (Wildman–Crippen MR) is 62.8 cm³/mol. The highest BCUT2D eigenvalue weighted by molar-refractivity contribution is 7.91. The van der Waals surface area contributed by atoms with E-state index < -0.39 is 21.8 Å². The number of carboxylic acid groups (broad SMARTS) is 1. The summed E-state index contributed by atoms with van der Waals surface area (Å²) in [6.07, 6.45) is -0.134. The largest absolute Gasteiger partial charge is 0.481 e. The highest BCUT2D eigenvalue weighted by Gasteiger charge is 2.32. The molecule has 1 rings (SSSR count). The molecule has 1 heterocycles. The average Bonchev–Trinajstić information content (AvgIpc) is 2.20. The molecule has 1 N–H and O–H groups in total. The van der Waals surface area contributed by atoms with Gasteiger partial charge in [0.1, 0.15) is 0 Å². The molecule has 7 heteroatoms. The number of hydrogen-bond donors (Lipinski definition) is 1. The Morgan fingerprint density at radius 2 is 2.24 bits per heavy atom. The number of carboxylic acids is 1. The van der Waals surface area contributed by atoms with Crippen LogP contribution in [0, 0.1) is 0 Å². The molecule has 1 aliphatic rings. The number of sulfone groups is 1. The molecule has 0 bridgehead atoms. The van der Waals surface area contributed by atoms with Gasteiger partial charge in [0.15, 0.2) is 9.84 Å². The lowest BCUT2D eigenvalue weighted by atomic mass is 10.2. The van der Waals surface area contributed by atoms with E-state index >= 15 is 0 Å². The molecule has 1 saturated heterocycles. The van der Waals surface area contributed by atoms with Crippen molar-refractivity contribution in [3.8, 4) is 0 Å². The van der Waals surface area contributed by atoms with Crippen LogP contribution in [0.25, 0.3) is 0 Å². The quantitative estimate of drug-likeness (QED) is 0.658. The molecule has 0 amide bonds. The molecule has 0 aliphatic carbocycles. The summed E-state index contributed by atoms with van der Waals surface area (Å²) in [5.74, 6) is -0.922. The molecular formula is C10H19NO5S. The summed E-state index contributed by atoms with van der Waals surface area (Å²) in [7, 11) is -3.09. The van der Waals surface area contributed by atoms with Gasteiger partial charge in [-0.2, -0.15) is 0 Å². The van der Waals surface area contributed by atoms with Crippen LogP contribution in [0.1, 0.15) is 13.3 Å². The molecule has 0 spiro atoms. The first-order valence-corrected chi connectivity index (χ1v) is 7.50. The van der Waals surface area contributed by atoms with Crippen LogP contribution in [0.2, 0.25) is 0 Å². The van der Waals surface area contributed by atoms with Gasteiger partial charge < -0.3 is 9.84 Å². The number of aliphatic carboxylic acids is 1. The Labute approximate surface area is 101 Å². The summed E-state index contributed by atoms with van der Waals surface area (Å²) in [5, 5.41) is 8.77. The Bertz CT molecular complexity index is 354. The number of nitrogens with zero attached hydrogens (tertiary/aromatic N) is 1. The average molecular weight is 265 g/mol. The van der Waals surface area contributed by atoms with Crippen LogP contribution >= 0.6 is 0 Å². The zero-order chi connectivity index (χ0) is 12.9. The van der Waals surface area contributed by atoms with Crippen molar-refractivity contribution in [3.63, 3.8) is 0 Å². The third kappa shape index (κ3) is 5.01. The molecular weight excluding hydrogens is 246 g/mol. The van der Waals surface area contributed by atoms with E-state index in [0.29, 0.717) is 26.3 Å². The van der Waals surface area contributed by atoms with E-state index in [1.807, 2.05) is 11.8 Å². The minimum Gasteiger partial charge on any atom is -0.481 e. The number of carbonyl (C=O) groups is 1. The summed E-state index contributed by atoms with van der Waals surface area (Å²) < 4.78 is 28.1. The van der Waals surface area contributed by atoms with E-state index in [9.17, 15) is 13.2 Å². The van der Waals surface area contributed by atoms with E-state index in [0.717, 1.165) is 0 Å². The number of rotatable bonds is 6. The second kappa shape index (κ2) is 6.32. The van der Waals surface area contributed by atoms with Gasteiger partial charge in [-0.25, -0.2) is 8.42 Å². The third-order valence-corrected chi connectivity index (χ3v) is 4.49. The molecule has 100 valence electrons. The summed E-state index contributed by atoms with van der Waals surface area (Å²) in [6, 6.07) is -0.424. The van der Waals surface area contributed by atoms with E-state index in [-0.39, 0.29) is 17.9 Å². The topological polar surface area (TPSA) is 83.9 Å². The van der Waals surface area contributed by atoms with Crippen molar-refractivity contribution >= 4 is 15.8 Å². The first-order chi connectivity index (χ1) is 7.94. The zero-order valence-corrected chi connectivity index (χ0v) is 10.8.